The lowest BCUT2D eigenvalue weighted by atomic mass is 10.1. The zero-order chi connectivity index (χ0) is 20.8. The molecule has 2 amide bonds. The van der Waals surface area contributed by atoms with E-state index in [0.29, 0.717) is 17.3 Å². The average Bonchev–Trinajstić information content (AvgIpc) is 2.68. The largest absolute Gasteiger partial charge is 0.484 e. The first-order valence-electron chi connectivity index (χ1n) is 8.88. The van der Waals surface area contributed by atoms with E-state index >= 15 is 0 Å². The quantitative estimate of drug-likeness (QED) is 0.662. The lowest BCUT2D eigenvalue weighted by Gasteiger charge is -2.28. The normalized spacial score (nSPS) is 11.6. The Morgan fingerprint density at radius 3 is 2.29 bits per heavy atom. The van der Waals surface area contributed by atoms with Crippen LogP contribution in [-0.2, 0) is 16.1 Å². The summed E-state index contributed by atoms with van der Waals surface area (Å²) < 4.78 is 6.65. The number of carbonyl (C=O) groups excluding carboxylic acids is 2. The minimum Gasteiger partial charge on any atom is -0.484 e. The summed E-state index contributed by atoms with van der Waals surface area (Å²) in [7, 11) is 1.55. The zero-order valence-electron chi connectivity index (χ0n) is 16.4. The molecule has 0 aliphatic heterocycles. The molecule has 0 aliphatic rings. The minimum absolute atomic E-state index is 0.168. The number of hydrogen-bond acceptors (Lipinski definition) is 3. The third-order valence-electron chi connectivity index (χ3n) is 4.45. The first-order valence-corrected chi connectivity index (χ1v) is 10.0. The third kappa shape index (κ3) is 5.72. The summed E-state index contributed by atoms with van der Waals surface area (Å²) in [6, 6.07) is 10.6. The summed E-state index contributed by atoms with van der Waals surface area (Å²) in [6.07, 6.45) is 0. The van der Waals surface area contributed by atoms with E-state index in [2.05, 4.69) is 21.2 Å². The van der Waals surface area contributed by atoms with Crippen molar-refractivity contribution >= 4 is 39.3 Å². The molecule has 0 saturated carbocycles. The number of likely N-dealkylation sites (N-methyl/N-ethyl adjacent to an activating group) is 1. The summed E-state index contributed by atoms with van der Waals surface area (Å²) in [5, 5.41) is 3.28. The monoisotopic (exact) mass is 466 g/mol. The van der Waals surface area contributed by atoms with E-state index < -0.39 is 6.04 Å². The molecular weight excluding hydrogens is 444 g/mol. The zero-order valence-corrected chi connectivity index (χ0v) is 18.7. The van der Waals surface area contributed by atoms with Crippen LogP contribution >= 0.6 is 27.5 Å². The molecule has 0 aromatic heterocycles. The number of aryl methyl sites for hydroxylation is 2. The summed E-state index contributed by atoms with van der Waals surface area (Å²) in [5.41, 5.74) is 2.69. The summed E-state index contributed by atoms with van der Waals surface area (Å²) in [6.45, 7) is 5.61. The molecule has 0 aliphatic carbocycles. The van der Waals surface area contributed by atoms with Crippen molar-refractivity contribution in [2.75, 3.05) is 13.7 Å². The van der Waals surface area contributed by atoms with Gasteiger partial charge in [-0.3, -0.25) is 9.59 Å². The Morgan fingerprint density at radius 1 is 1.18 bits per heavy atom. The fourth-order valence-corrected chi connectivity index (χ4v) is 3.17. The highest BCUT2D eigenvalue weighted by atomic mass is 79.9. The van der Waals surface area contributed by atoms with Gasteiger partial charge in [-0.15, -0.1) is 0 Å². The molecule has 1 N–H and O–H groups in total. The van der Waals surface area contributed by atoms with Gasteiger partial charge in [0, 0.05) is 23.1 Å². The Labute approximate surface area is 179 Å². The molecule has 0 bridgehead atoms. The van der Waals surface area contributed by atoms with Gasteiger partial charge in [0.1, 0.15) is 11.8 Å². The Hall–Kier alpha value is -2.05. The van der Waals surface area contributed by atoms with Gasteiger partial charge in [-0.2, -0.15) is 0 Å². The molecule has 5 nitrogen and oxygen atoms in total. The van der Waals surface area contributed by atoms with Crippen LogP contribution in [0.3, 0.4) is 0 Å². The molecule has 0 spiro atoms. The van der Waals surface area contributed by atoms with Crippen molar-refractivity contribution in [1.29, 1.82) is 0 Å². The van der Waals surface area contributed by atoms with Crippen LogP contribution < -0.4 is 10.1 Å². The average molecular weight is 468 g/mol. The SMILES string of the molecule is CNC(=O)[C@@H](C)N(Cc1ccc(Br)cc1)C(=O)COc1cc(C)c(Cl)c(C)c1. The number of ether oxygens (including phenoxy) is 1. The summed E-state index contributed by atoms with van der Waals surface area (Å²) in [4.78, 5) is 26.5. The molecular formula is C21H24BrClN2O3. The van der Waals surface area contributed by atoms with Crippen molar-refractivity contribution < 1.29 is 14.3 Å². The van der Waals surface area contributed by atoms with E-state index in [1.807, 2.05) is 38.1 Å². The van der Waals surface area contributed by atoms with Crippen LogP contribution in [0.2, 0.25) is 5.02 Å². The fourth-order valence-electron chi connectivity index (χ4n) is 2.80. The van der Waals surface area contributed by atoms with Gasteiger partial charge < -0.3 is 15.0 Å². The van der Waals surface area contributed by atoms with Gasteiger partial charge in [-0.25, -0.2) is 0 Å². The number of hydrogen-bond donors (Lipinski definition) is 1. The maximum atomic E-state index is 12.9. The Morgan fingerprint density at radius 2 is 1.75 bits per heavy atom. The molecule has 2 aromatic rings. The standard InChI is InChI=1S/C21H24BrClN2O3/c1-13-9-18(10-14(2)20(13)23)28-12-19(26)25(15(3)21(27)24-4)11-16-5-7-17(22)8-6-16/h5-10,15H,11-12H2,1-4H3,(H,24,27)/t15-/m1/s1. The third-order valence-corrected chi connectivity index (χ3v) is 5.58. The first-order chi connectivity index (χ1) is 13.2. The van der Waals surface area contributed by atoms with Gasteiger partial charge in [-0.1, -0.05) is 39.7 Å². The van der Waals surface area contributed by atoms with Crippen molar-refractivity contribution in [3.63, 3.8) is 0 Å². The van der Waals surface area contributed by atoms with E-state index in [0.717, 1.165) is 21.2 Å². The molecule has 28 heavy (non-hydrogen) atoms. The fraction of sp³-hybridized carbons (Fsp3) is 0.333. The molecule has 1 atom stereocenters. The van der Waals surface area contributed by atoms with Crippen molar-refractivity contribution in [1.82, 2.24) is 10.2 Å². The van der Waals surface area contributed by atoms with E-state index in [9.17, 15) is 9.59 Å². The van der Waals surface area contributed by atoms with E-state index in [1.165, 1.54) is 4.90 Å². The maximum absolute atomic E-state index is 12.9. The second kappa shape index (κ2) is 9.94. The second-order valence-corrected chi connectivity index (χ2v) is 7.89. The van der Waals surface area contributed by atoms with Crippen LogP contribution in [0.5, 0.6) is 5.75 Å². The Balaban J connectivity index is 2.16. The van der Waals surface area contributed by atoms with E-state index in [4.69, 9.17) is 16.3 Å². The number of nitrogens with one attached hydrogen (secondary N) is 1. The van der Waals surface area contributed by atoms with Crippen LogP contribution in [0.1, 0.15) is 23.6 Å². The number of carbonyl (C=O) groups is 2. The number of amides is 2. The number of benzene rings is 2. The molecule has 2 aromatic carbocycles. The van der Waals surface area contributed by atoms with E-state index in [-0.39, 0.29) is 18.4 Å². The van der Waals surface area contributed by atoms with Crippen molar-refractivity contribution in [3.05, 3.63) is 62.6 Å². The van der Waals surface area contributed by atoms with Gasteiger partial charge in [-0.05, 0) is 61.7 Å². The van der Waals surface area contributed by atoms with Gasteiger partial charge in [0.05, 0.1) is 0 Å². The minimum atomic E-state index is -0.626. The predicted octanol–water partition coefficient (Wildman–Crippen LogP) is 4.26. The van der Waals surface area contributed by atoms with Crippen LogP contribution in [0.4, 0.5) is 0 Å². The van der Waals surface area contributed by atoms with Gasteiger partial charge in [0.2, 0.25) is 5.91 Å². The summed E-state index contributed by atoms with van der Waals surface area (Å²) in [5.74, 6) is 0.0665. The highest BCUT2D eigenvalue weighted by Gasteiger charge is 2.26. The highest BCUT2D eigenvalue weighted by Crippen LogP contribution is 2.26. The molecule has 150 valence electrons. The molecule has 2 rings (SSSR count). The molecule has 0 radical (unpaired) electrons. The smallest absolute Gasteiger partial charge is 0.261 e. The molecule has 7 heteroatoms. The van der Waals surface area contributed by atoms with Crippen LogP contribution in [-0.4, -0.2) is 36.4 Å². The van der Waals surface area contributed by atoms with Crippen molar-refractivity contribution in [2.45, 2.75) is 33.4 Å². The van der Waals surface area contributed by atoms with Crippen LogP contribution in [0.15, 0.2) is 40.9 Å². The second-order valence-electron chi connectivity index (χ2n) is 6.60. The number of nitrogens with zero attached hydrogens (tertiary/aromatic N) is 1. The van der Waals surface area contributed by atoms with Crippen LogP contribution in [0.25, 0.3) is 0 Å². The van der Waals surface area contributed by atoms with Crippen molar-refractivity contribution in [2.24, 2.45) is 0 Å². The molecule has 0 fully saturated rings. The number of rotatable bonds is 7. The Bertz CT molecular complexity index is 832. The molecule has 0 saturated heterocycles. The van der Waals surface area contributed by atoms with Gasteiger partial charge in [0.25, 0.3) is 5.91 Å². The Kier molecular flexibility index (Phi) is 7.89. The van der Waals surface area contributed by atoms with Crippen molar-refractivity contribution in [3.8, 4) is 5.75 Å². The predicted molar refractivity (Wildman–Crippen MR) is 115 cm³/mol. The summed E-state index contributed by atoms with van der Waals surface area (Å²) >= 11 is 9.58. The lowest BCUT2D eigenvalue weighted by molar-refractivity contribution is -0.142. The topological polar surface area (TPSA) is 58.6 Å². The highest BCUT2D eigenvalue weighted by molar-refractivity contribution is 9.10. The van der Waals surface area contributed by atoms with Crippen LogP contribution in [0, 0.1) is 13.8 Å². The van der Waals surface area contributed by atoms with Gasteiger partial charge >= 0.3 is 0 Å². The maximum Gasteiger partial charge on any atom is 0.261 e. The first kappa shape index (κ1) is 22.2. The van der Waals surface area contributed by atoms with Gasteiger partial charge in [0.15, 0.2) is 6.61 Å². The molecule has 0 unspecified atom stereocenters. The lowest BCUT2D eigenvalue weighted by Crippen LogP contribution is -2.48. The molecule has 0 heterocycles. The number of halogens is 2. The van der Waals surface area contributed by atoms with E-state index in [1.54, 1.807) is 26.1 Å².